The molecule has 1 aromatic rings. The number of ether oxygens (including phenoxy) is 1. The lowest BCUT2D eigenvalue weighted by atomic mass is 10.1. The first-order chi connectivity index (χ1) is 8.77. The first-order valence-electron chi connectivity index (χ1n) is 6.08. The molecule has 18 heavy (non-hydrogen) atoms. The number of carbonyl (C=O) groups is 1. The molecule has 0 fully saturated rings. The lowest BCUT2D eigenvalue weighted by Crippen LogP contribution is -2.21. The van der Waals surface area contributed by atoms with E-state index in [9.17, 15) is 4.79 Å². The predicted octanol–water partition coefficient (Wildman–Crippen LogP) is 3.60. The molecule has 0 bridgehead atoms. The highest BCUT2D eigenvalue weighted by Crippen LogP contribution is 2.08. The van der Waals surface area contributed by atoms with Crippen molar-refractivity contribution in [1.29, 1.82) is 0 Å². The summed E-state index contributed by atoms with van der Waals surface area (Å²) in [6.45, 7) is 2.10. The van der Waals surface area contributed by atoms with E-state index in [2.05, 4.69) is 11.9 Å². The summed E-state index contributed by atoms with van der Waals surface area (Å²) in [6, 6.07) is 9.40. The van der Waals surface area contributed by atoms with Gasteiger partial charge in [-0.1, -0.05) is 50.1 Å². The molecule has 0 aliphatic rings. The summed E-state index contributed by atoms with van der Waals surface area (Å²) in [5.41, 5.74) is 1.00. The molecule has 1 aromatic carbocycles. The first-order valence-corrected chi connectivity index (χ1v) is 7.61. The molecule has 3 nitrogen and oxygen atoms in total. The van der Waals surface area contributed by atoms with Crippen LogP contribution in [0.4, 0.5) is 0 Å². The Balaban J connectivity index is 2.65. The fourth-order valence-corrected chi connectivity index (χ4v) is 1.82. The number of hydrogen-bond acceptors (Lipinski definition) is 3. The lowest BCUT2D eigenvalue weighted by molar-refractivity contribution is -0.142. The van der Waals surface area contributed by atoms with Gasteiger partial charge in [0.15, 0.2) is 0 Å². The number of alkyl halides is 1. The molecular formula is C14H18INO2. The Labute approximate surface area is 122 Å². The molecule has 1 rings (SSSR count). The van der Waals surface area contributed by atoms with Crippen LogP contribution in [0, 0.1) is 0 Å². The van der Waals surface area contributed by atoms with Crippen molar-refractivity contribution < 1.29 is 9.53 Å². The molecule has 1 atom stereocenters. The highest BCUT2D eigenvalue weighted by molar-refractivity contribution is 14.1. The summed E-state index contributed by atoms with van der Waals surface area (Å²) < 4.78 is 5.40. The molecule has 0 radical (unpaired) electrons. The van der Waals surface area contributed by atoms with Crippen molar-refractivity contribution in [1.82, 2.24) is 0 Å². The van der Waals surface area contributed by atoms with Gasteiger partial charge >= 0.3 is 5.97 Å². The van der Waals surface area contributed by atoms with Crippen LogP contribution < -0.4 is 0 Å². The van der Waals surface area contributed by atoms with E-state index in [1.165, 1.54) is 0 Å². The van der Waals surface area contributed by atoms with Crippen molar-refractivity contribution in [3.05, 3.63) is 35.9 Å². The van der Waals surface area contributed by atoms with Gasteiger partial charge < -0.3 is 4.74 Å². The largest absolute Gasteiger partial charge is 0.453 e. The van der Waals surface area contributed by atoms with E-state index < -0.39 is 0 Å². The van der Waals surface area contributed by atoms with Crippen LogP contribution in [0.2, 0.25) is 0 Å². The molecule has 0 amide bonds. The van der Waals surface area contributed by atoms with Crippen LogP contribution in [-0.2, 0) is 9.53 Å². The van der Waals surface area contributed by atoms with Crippen molar-refractivity contribution in [2.45, 2.75) is 32.2 Å². The molecule has 0 aliphatic heterocycles. The predicted molar refractivity (Wildman–Crippen MR) is 82.3 cm³/mol. The van der Waals surface area contributed by atoms with E-state index in [-0.39, 0.29) is 12.0 Å². The quantitative estimate of drug-likeness (QED) is 0.323. The number of nitrogens with zero attached hydrogens (tertiary/aromatic N) is 1. The molecule has 0 N–H and O–H groups in total. The highest BCUT2D eigenvalue weighted by Gasteiger charge is 2.17. The zero-order valence-corrected chi connectivity index (χ0v) is 12.7. The molecule has 0 saturated heterocycles. The lowest BCUT2D eigenvalue weighted by Gasteiger charge is -2.10. The normalized spacial score (nSPS) is 12.6. The maximum atomic E-state index is 11.7. The minimum atomic E-state index is -0.375. The second-order valence-corrected chi connectivity index (χ2v) is 4.54. The van der Waals surface area contributed by atoms with Crippen LogP contribution in [0.1, 0.15) is 31.7 Å². The second kappa shape index (κ2) is 9.08. The average Bonchev–Trinajstić information content (AvgIpc) is 2.40. The summed E-state index contributed by atoms with van der Waals surface area (Å²) in [7, 11) is 0. The van der Waals surface area contributed by atoms with Crippen molar-refractivity contribution in [3.63, 3.8) is 0 Å². The van der Waals surface area contributed by atoms with Crippen LogP contribution in [-0.4, -0.2) is 22.8 Å². The summed E-state index contributed by atoms with van der Waals surface area (Å²) in [6.07, 6.45) is 4.52. The zero-order chi connectivity index (χ0) is 13.2. The number of hydrogen-bond donors (Lipinski definition) is 0. The highest BCUT2D eigenvalue weighted by atomic mass is 127. The second-order valence-electron chi connectivity index (χ2n) is 3.92. The number of carbonyl (C=O) groups excluding carboxylic acids is 1. The van der Waals surface area contributed by atoms with Crippen molar-refractivity contribution in [3.8, 4) is 0 Å². The van der Waals surface area contributed by atoms with E-state index in [1.807, 2.05) is 52.9 Å². The van der Waals surface area contributed by atoms with Gasteiger partial charge in [0.05, 0.1) is 0 Å². The molecule has 0 saturated carbocycles. The zero-order valence-electron chi connectivity index (χ0n) is 10.5. The maximum Gasteiger partial charge on any atom is 0.331 e. The standard InChI is InChI=1S/C14H18INO2/c1-2-3-9-13(14(17)18-11-15)16-10-12-7-5-4-6-8-12/h4-8,10,13H,2-3,9,11H2,1H3. The minimum Gasteiger partial charge on any atom is -0.453 e. The summed E-state index contributed by atoms with van der Waals surface area (Å²) in [4.78, 5) is 16.1. The summed E-state index contributed by atoms with van der Waals surface area (Å²) in [5, 5.41) is 0. The molecular weight excluding hydrogens is 341 g/mol. The van der Waals surface area contributed by atoms with Crippen LogP contribution in [0.15, 0.2) is 35.3 Å². The number of rotatable bonds is 7. The molecule has 0 aliphatic carbocycles. The first kappa shape index (κ1) is 15.1. The Kier molecular flexibility index (Phi) is 7.64. The molecule has 0 spiro atoms. The smallest absolute Gasteiger partial charge is 0.331 e. The van der Waals surface area contributed by atoms with E-state index in [1.54, 1.807) is 6.21 Å². The van der Waals surface area contributed by atoms with Crippen LogP contribution in [0.25, 0.3) is 0 Å². The average molecular weight is 359 g/mol. The monoisotopic (exact) mass is 359 g/mol. The van der Waals surface area contributed by atoms with E-state index in [0.29, 0.717) is 4.61 Å². The van der Waals surface area contributed by atoms with Gasteiger partial charge in [-0.2, -0.15) is 0 Å². The Morgan fingerprint density at radius 2 is 2.17 bits per heavy atom. The third kappa shape index (κ3) is 5.62. The fraction of sp³-hybridized carbons (Fsp3) is 0.429. The van der Waals surface area contributed by atoms with Gasteiger partial charge in [0.1, 0.15) is 10.7 Å². The number of benzene rings is 1. The summed E-state index contributed by atoms with van der Waals surface area (Å²) in [5.74, 6) is -0.231. The van der Waals surface area contributed by atoms with Crippen molar-refractivity contribution >= 4 is 34.8 Å². The minimum absolute atomic E-state index is 0.231. The van der Waals surface area contributed by atoms with E-state index in [4.69, 9.17) is 4.74 Å². The molecule has 4 heteroatoms. The number of unbranched alkanes of at least 4 members (excludes halogenated alkanes) is 1. The molecule has 98 valence electrons. The van der Waals surface area contributed by atoms with Crippen LogP contribution >= 0.6 is 22.6 Å². The summed E-state index contributed by atoms with van der Waals surface area (Å²) >= 11 is 2.02. The van der Waals surface area contributed by atoms with Gasteiger partial charge in [0, 0.05) is 6.21 Å². The van der Waals surface area contributed by atoms with Gasteiger partial charge in [-0.05, 0) is 34.6 Å². The molecule has 1 unspecified atom stereocenters. The van der Waals surface area contributed by atoms with Gasteiger partial charge in [-0.15, -0.1) is 0 Å². The van der Waals surface area contributed by atoms with Gasteiger partial charge in [0.25, 0.3) is 0 Å². The van der Waals surface area contributed by atoms with Crippen molar-refractivity contribution in [2.75, 3.05) is 4.61 Å². The van der Waals surface area contributed by atoms with Crippen molar-refractivity contribution in [2.24, 2.45) is 4.99 Å². The molecule has 0 aromatic heterocycles. The fourth-order valence-electron chi connectivity index (χ4n) is 1.52. The van der Waals surface area contributed by atoms with Gasteiger partial charge in [-0.25, -0.2) is 4.79 Å². The SMILES string of the molecule is CCCCC(N=Cc1ccccc1)C(=O)OCI. The number of esters is 1. The van der Waals surface area contributed by atoms with Crippen LogP contribution in [0.5, 0.6) is 0 Å². The van der Waals surface area contributed by atoms with E-state index in [0.717, 1.165) is 24.8 Å². The Bertz CT molecular complexity index is 379. The Hall–Kier alpha value is -0.910. The van der Waals surface area contributed by atoms with Gasteiger partial charge in [-0.3, -0.25) is 4.99 Å². The Morgan fingerprint density at radius 1 is 1.44 bits per heavy atom. The third-order valence-corrected chi connectivity index (χ3v) is 2.81. The number of aliphatic imine (C=N–C) groups is 1. The van der Waals surface area contributed by atoms with E-state index >= 15 is 0 Å². The third-order valence-electron chi connectivity index (χ3n) is 2.50. The number of halogens is 1. The topological polar surface area (TPSA) is 38.7 Å². The van der Waals surface area contributed by atoms with Crippen LogP contribution in [0.3, 0.4) is 0 Å². The van der Waals surface area contributed by atoms with Gasteiger partial charge in [0.2, 0.25) is 0 Å². The molecule has 0 heterocycles. The maximum absolute atomic E-state index is 11.7. The Morgan fingerprint density at radius 3 is 2.78 bits per heavy atom.